The molecule has 0 bridgehead atoms. The molecule has 0 unspecified atom stereocenters. The Morgan fingerprint density at radius 2 is 1.87 bits per heavy atom. The van der Waals surface area contributed by atoms with Crippen LogP contribution in [0.4, 0.5) is 0 Å². The molecule has 2 aliphatic rings. The maximum Gasteiger partial charge on any atom is 0.245 e. The Balaban J connectivity index is 0.000000531. The lowest BCUT2D eigenvalue weighted by molar-refractivity contribution is -0.128. The monoisotopic (exact) mass is 210 g/mol. The molecule has 0 aromatic heterocycles. The van der Waals surface area contributed by atoms with Gasteiger partial charge < -0.3 is 10.2 Å². The Morgan fingerprint density at radius 3 is 2.20 bits per heavy atom. The van der Waals surface area contributed by atoms with Gasteiger partial charge in [-0.1, -0.05) is 20.4 Å². The number of likely N-dealkylation sites (tertiary alicyclic amines) is 1. The van der Waals surface area contributed by atoms with Crippen molar-refractivity contribution < 1.29 is 4.79 Å². The van der Waals surface area contributed by atoms with Gasteiger partial charge in [-0.05, 0) is 24.3 Å². The summed E-state index contributed by atoms with van der Waals surface area (Å²) in [5.74, 6) is 0.0853. The van der Waals surface area contributed by atoms with Gasteiger partial charge in [0.25, 0.3) is 0 Å². The van der Waals surface area contributed by atoms with Crippen LogP contribution in [0.3, 0.4) is 0 Å². The number of piperidine rings is 1. The molecular weight excluding hydrogens is 188 g/mol. The summed E-state index contributed by atoms with van der Waals surface area (Å²) in [6.07, 6.45) is 3.72. The van der Waals surface area contributed by atoms with E-state index < -0.39 is 0 Å². The highest BCUT2D eigenvalue weighted by molar-refractivity contribution is 5.87. The second kappa shape index (κ2) is 5.31. The van der Waals surface area contributed by atoms with Crippen LogP contribution in [0.15, 0.2) is 12.7 Å². The quantitative estimate of drug-likeness (QED) is 0.664. The van der Waals surface area contributed by atoms with Gasteiger partial charge in [-0.25, -0.2) is 0 Å². The number of carbonyl (C=O) groups excluding carboxylic acids is 1. The minimum atomic E-state index is 0.0853. The maximum atomic E-state index is 11.3. The predicted molar refractivity (Wildman–Crippen MR) is 62.7 cm³/mol. The van der Waals surface area contributed by atoms with Crippen LogP contribution in [0, 0.1) is 5.41 Å². The molecule has 15 heavy (non-hydrogen) atoms. The highest BCUT2D eigenvalue weighted by atomic mass is 16.2. The maximum absolute atomic E-state index is 11.3. The first-order valence-corrected chi connectivity index (χ1v) is 5.88. The van der Waals surface area contributed by atoms with Crippen molar-refractivity contribution in [1.29, 1.82) is 0 Å². The second-order valence-electron chi connectivity index (χ2n) is 4.13. The van der Waals surface area contributed by atoms with E-state index in [9.17, 15) is 4.79 Å². The Morgan fingerprint density at radius 1 is 1.33 bits per heavy atom. The van der Waals surface area contributed by atoms with E-state index in [1.807, 2.05) is 18.7 Å². The summed E-state index contributed by atoms with van der Waals surface area (Å²) in [5, 5.41) is 3.31. The number of rotatable bonds is 1. The fourth-order valence-electron chi connectivity index (χ4n) is 2.16. The van der Waals surface area contributed by atoms with E-state index in [0.717, 1.165) is 39.0 Å². The van der Waals surface area contributed by atoms with Crippen molar-refractivity contribution in [2.75, 3.05) is 26.2 Å². The lowest BCUT2D eigenvalue weighted by Crippen LogP contribution is -2.58. The zero-order valence-corrected chi connectivity index (χ0v) is 9.88. The van der Waals surface area contributed by atoms with Crippen molar-refractivity contribution >= 4 is 5.91 Å². The first kappa shape index (κ1) is 12.2. The molecule has 0 atom stereocenters. The lowest BCUT2D eigenvalue weighted by atomic mass is 9.73. The number of hydrogen-bond acceptors (Lipinski definition) is 2. The molecule has 2 aliphatic heterocycles. The van der Waals surface area contributed by atoms with Crippen LogP contribution in [-0.4, -0.2) is 37.0 Å². The highest BCUT2D eigenvalue weighted by Gasteiger charge is 2.40. The predicted octanol–water partition coefficient (Wildman–Crippen LogP) is 1.41. The van der Waals surface area contributed by atoms with Gasteiger partial charge in [0.15, 0.2) is 0 Å². The third-order valence-corrected chi connectivity index (χ3v) is 3.31. The molecule has 2 heterocycles. The Bertz CT molecular complexity index is 224. The highest BCUT2D eigenvalue weighted by Crippen LogP contribution is 2.34. The largest absolute Gasteiger partial charge is 0.339 e. The fraction of sp³-hybridized carbons (Fsp3) is 0.750. The number of nitrogens with zero attached hydrogens (tertiary/aromatic N) is 1. The van der Waals surface area contributed by atoms with Gasteiger partial charge in [-0.3, -0.25) is 4.79 Å². The summed E-state index contributed by atoms with van der Waals surface area (Å²) < 4.78 is 0. The van der Waals surface area contributed by atoms with E-state index in [-0.39, 0.29) is 5.91 Å². The summed E-state index contributed by atoms with van der Waals surface area (Å²) in [7, 11) is 0. The standard InChI is InChI=1S/C10H16N2O.C2H6/c1-2-9(13)12-5-3-10(4-6-12)7-11-8-10;1-2/h2,11H,1,3-8H2;1-2H3. The molecule has 0 saturated carbocycles. The minimum Gasteiger partial charge on any atom is -0.339 e. The Hall–Kier alpha value is -0.830. The smallest absolute Gasteiger partial charge is 0.245 e. The van der Waals surface area contributed by atoms with Gasteiger partial charge in [-0.2, -0.15) is 0 Å². The molecule has 2 saturated heterocycles. The molecule has 0 aromatic rings. The average Bonchev–Trinajstić information content (AvgIpc) is 2.29. The Kier molecular flexibility index (Phi) is 4.33. The van der Waals surface area contributed by atoms with E-state index in [0.29, 0.717) is 5.41 Å². The van der Waals surface area contributed by atoms with Crippen LogP contribution >= 0.6 is 0 Å². The van der Waals surface area contributed by atoms with Crippen molar-refractivity contribution in [1.82, 2.24) is 10.2 Å². The van der Waals surface area contributed by atoms with Crippen LogP contribution in [0.5, 0.6) is 0 Å². The van der Waals surface area contributed by atoms with E-state index in [4.69, 9.17) is 0 Å². The van der Waals surface area contributed by atoms with Crippen LogP contribution in [0.2, 0.25) is 0 Å². The zero-order valence-electron chi connectivity index (χ0n) is 9.88. The zero-order chi connectivity index (χ0) is 11.3. The lowest BCUT2D eigenvalue weighted by Gasteiger charge is -2.48. The first-order chi connectivity index (χ1) is 7.26. The SMILES string of the molecule is C=CC(=O)N1CCC2(CC1)CNC2.CC. The molecule has 0 aromatic carbocycles. The number of nitrogens with one attached hydrogen (secondary N) is 1. The van der Waals surface area contributed by atoms with Crippen LogP contribution in [0.1, 0.15) is 26.7 Å². The normalized spacial score (nSPS) is 22.4. The molecule has 2 fully saturated rings. The van der Waals surface area contributed by atoms with E-state index in [2.05, 4.69) is 11.9 Å². The molecule has 0 aliphatic carbocycles. The number of carbonyl (C=O) groups is 1. The summed E-state index contributed by atoms with van der Waals surface area (Å²) in [6.45, 7) is 11.6. The van der Waals surface area contributed by atoms with Crippen LogP contribution < -0.4 is 5.32 Å². The fourth-order valence-corrected chi connectivity index (χ4v) is 2.16. The minimum absolute atomic E-state index is 0.0853. The van der Waals surface area contributed by atoms with Gasteiger partial charge in [0.05, 0.1) is 0 Å². The Labute approximate surface area is 92.5 Å². The first-order valence-electron chi connectivity index (χ1n) is 5.88. The van der Waals surface area contributed by atoms with Crippen molar-refractivity contribution in [3.8, 4) is 0 Å². The van der Waals surface area contributed by atoms with Crippen molar-refractivity contribution in [3.63, 3.8) is 0 Å². The van der Waals surface area contributed by atoms with Gasteiger partial charge in [0.1, 0.15) is 0 Å². The van der Waals surface area contributed by atoms with Gasteiger partial charge in [0, 0.05) is 26.2 Å². The molecule has 86 valence electrons. The number of hydrogen-bond donors (Lipinski definition) is 1. The topological polar surface area (TPSA) is 32.3 Å². The van der Waals surface area contributed by atoms with E-state index >= 15 is 0 Å². The second-order valence-corrected chi connectivity index (χ2v) is 4.13. The van der Waals surface area contributed by atoms with E-state index in [1.165, 1.54) is 6.08 Å². The van der Waals surface area contributed by atoms with Crippen molar-refractivity contribution in [2.45, 2.75) is 26.7 Å². The third-order valence-electron chi connectivity index (χ3n) is 3.31. The summed E-state index contributed by atoms with van der Waals surface area (Å²) in [6, 6.07) is 0. The van der Waals surface area contributed by atoms with E-state index in [1.54, 1.807) is 0 Å². The van der Waals surface area contributed by atoms with Crippen molar-refractivity contribution in [3.05, 3.63) is 12.7 Å². The molecule has 1 N–H and O–H groups in total. The van der Waals surface area contributed by atoms with Crippen LogP contribution in [0.25, 0.3) is 0 Å². The van der Waals surface area contributed by atoms with Gasteiger partial charge in [-0.15, -0.1) is 0 Å². The summed E-state index contributed by atoms with van der Waals surface area (Å²) in [5.41, 5.74) is 0.526. The van der Waals surface area contributed by atoms with Gasteiger partial charge in [0.2, 0.25) is 5.91 Å². The molecule has 3 heteroatoms. The molecule has 3 nitrogen and oxygen atoms in total. The van der Waals surface area contributed by atoms with Crippen LogP contribution in [-0.2, 0) is 4.79 Å². The summed E-state index contributed by atoms with van der Waals surface area (Å²) >= 11 is 0. The van der Waals surface area contributed by atoms with Crippen molar-refractivity contribution in [2.24, 2.45) is 5.41 Å². The molecular formula is C12H22N2O. The van der Waals surface area contributed by atoms with Gasteiger partial charge >= 0.3 is 0 Å². The number of amides is 1. The molecule has 1 amide bonds. The summed E-state index contributed by atoms with van der Waals surface area (Å²) in [4.78, 5) is 13.2. The molecule has 2 rings (SSSR count). The average molecular weight is 210 g/mol. The molecule has 0 radical (unpaired) electrons. The molecule has 1 spiro atoms. The third kappa shape index (κ3) is 2.59.